The van der Waals surface area contributed by atoms with Gasteiger partial charge in [0.2, 0.25) is 0 Å². The Bertz CT molecular complexity index is 999. The van der Waals surface area contributed by atoms with Crippen molar-refractivity contribution in [1.82, 2.24) is 29.1 Å². The number of aryl methyl sites for hydroxylation is 1. The lowest BCUT2D eigenvalue weighted by Gasteiger charge is -1.91. The summed E-state index contributed by atoms with van der Waals surface area (Å²) < 4.78 is 16.9. The first-order valence-electron chi connectivity index (χ1n) is 6.82. The van der Waals surface area contributed by atoms with Crippen molar-refractivity contribution in [2.75, 3.05) is 0 Å². The van der Waals surface area contributed by atoms with Crippen LogP contribution in [0, 0.1) is 5.82 Å². The minimum atomic E-state index is -0.399. The van der Waals surface area contributed by atoms with Gasteiger partial charge in [0.25, 0.3) is 0 Å². The zero-order valence-electron chi connectivity index (χ0n) is 12.1. The number of rotatable bonds is 3. The molecule has 0 aliphatic carbocycles. The van der Waals surface area contributed by atoms with Gasteiger partial charge in [0.1, 0.15) is 11.5 Å². The van der Waals surface area contributed by atoms with Crippen molar-refractivity contribution >= 4 is 29.1 Å². The van der Waals surface area contributed by atoms with Crippen molar-refractivity contribution in [1.29, 1.82) is 0 Å². The molecule has 0 amide bonds. The minimum Gasteiger partial charge on any atom is -0.334 e. The number of hydrogen-bond donors (Lipinski definition) is 0. The third-order valence-corrected chi connectivity index (χ3v) is 4.11. The summed E-state index contributed by atoms with van der Waals surface area (Å²) in [4.78, 5) is 13.8. The molecule has 0 saturated heterocycles. The van der Waals surface area contributed by atoms with Crippen LogP contribution >= 0.6 is 11.3 Å². The summed E-state index contributed by atoms with van der Waals surface area (Å²) in [6.45, 7) is 0. The fourth-order valence-corrected chi connectivity index (χ4v) is 2.78. The van der Waals surface area contributed by atoms with Gasteiger partial charge in [0.05, 0.1) is 10.4 Å². The van der Waals surface area contributed by atoms with Crippen molar-refractivity contribution in [2.24, 2.45) is 7.05 Å². The first-order valence-corrected chi connectivity index (χ1v) is 7.70. The van der Waals surface area contributed by atoms with Gasteiger partial charge >= 0.3 is 0 Å². The summed E-state index contributed by atoms with van der Waals surface area (Å²) in [6, 6.07) is 2.95. The van der Waals surface area contributed by atoms with E-state index in [1.54, 1.807) is 36.1 Å². The van der Waals surface area contributed by atoms with E-state index in [-0.39, 0.29) is 5.65 Å². The van der Waals surface area contributed by atoms with Crippen LogP contribution in [-0.2, 0) is 7.05 Å². The number of imidazole rings is 1. The van der Waals surface area contributed by atoms with E-state index in [1.165, 1.54) is 21.9 Å². The molecule has 0 aliphatic heterocycles. The molecule has 0 saturated carbocycles. The third kappa shape index (κ3) is 2.53. The van der Waals surface area contributed by atoms with Gasteiger partial charge in [-0.05, 0) is 24.3 Å². The zero-order valence-corrected chi connectivity index (χ0v) is 12.9. The lowest BCUT2D eigenvalue weighted by atomic mass is 10.4. The first-order chi connectivity index (χ1) is 11.2. The van der Waals surface area contributed by atoms with E-state index < -0.39 is 5.82 Å². The van der Waals surface area contributed by atoms with Gasteiger partial charge in [-0.25, -0.2) is 18.9 Å². The van der Waals surface area contributed by atoms with Crippen molar-refractivity contribution < 1.29 is 4.39 Å². The van der Waals surface area contributed by atoms with Gasteiger partial charge in [0, 0.05) is 25.6 Å². The number of pyridine rings is 1. The zero-order chi connectivity index (χ0) is 15.8. The molecule has 0 fully saturated rings. The molecule has 0 radical (unpaired) electrons. The Morgan fingerprint density at radius 3 is 2.96 bits per heavy atom. The van der Waals surface area contributed by atoms with E-state index in [1.807, 2.05) is 17.8 Å². The molecule has 0 spiro atoms. The number of hydrogen-bond acceptors (Lipinski definition) is 5. The highest BCUT2D eigenvalue weighted by Crippen LogP contribution is 2.22. The van der Waals surface area contributed by atoms with Crippen LogP contribution in [0.3, 0.4) is 0 Å². The topological polar surface area (TPSA) is 60.9 Å². The lowest BCUT2D eigenvalue weighted by molar-refractivity contribution is 0.627. The largest absolute Gasteiger partial charge is 0.334 e. The normalized spacial score (nSPS) is 11.7. The number of halogens is 1. The van der Waals surface area contributed by atoms with Gasteiger partial charge in [-0.2, -0.15) is 0 Å². The van der Waals surface area contributed by atoms with E-state index >= 15 is 0 Å². The maximum atomic E-state index is 13.6. The van der Waals surface area contributed by atoms with E-state index in [0.29, 0.717) is 5.82 Å². The van der Waals surface area contributed by atoms with Crippen LogP contribution in [0.5, 0.6) is 0 Å². The van der Waals surface area contributed by atoms with Crippen LogP contribution in [0.25, 0.3) is 28.4 Å². The summed E-state index contributed by atoms with van der Waals surface area (Å²) in [6.07, 6.45) is 8.89. The Balaban J connectivity index is 1.66. The van der Waals surface area contributed by atoms with E-state index in [4.69, 9.17) is 0 Å². The first kappa shape index (κ1) is 13.8. The van der Waals surface area contributed by atoms with Crippen molar-refractivity contribution in [3.63, 3.8) is 0 Å². The van der Waals surface area contributed by atoms with Gasteiger partial charge in [0.15, 0.2) is 17.3 Å². The number of aromatic nitrogens is 6. The second-order valence-corrected chi connectivity index (χ2v) is 5.77. The molecule has 4 heterocycles. The smallest absolute Gasteiger partial charge is 0.191 e. The molecule has 0 bridgehead atoms. The van der Waals surface area contributed by atoms with Crippen molar-refractivity contribution in [3.05, 3.63) is 53.7 Å². The Kier molecular flexibility index (Phi) is 3.23. The van der Waals surface area contributed by atoms with Gasteiger partial charge in [-0.1, -0.05) is 0 Å². The molecule has 4 aromatic heterocycles. The average Bonchev–Trinajstić information content (AvgIpc) is 3.24. The molecule has 0 unspecified atom stereocenters. The fraction of sp³-hybridized carbons (Fsp3) is 0.0667. The molecule has 6 nitrogen and oxygen atoms in total. The number of thiazole rings is 1. The lowest BCUT2D eigenvalue weighted by Crippen LogP contribution is -1.89. The van der Waals surface area contributed by atoms with E-state index in [2.05, 4.69) is 20.1 Å². The summed E-state index contributed by atoms with van der Waals surface area (Å²) in [5.41, 5.74) is 2.84. The van der Waals surface area contributed by atoms with Crippen LogP contribution in [-0.4, -0.2) is 29.1 Å². The molecule has 23 heavy (non-hydrogen) atoms. The van der Waals surface area contributed by atoms with Crippen LogP contribution in [0.15, 0.2) is 36.2 Å². The van der Waals surface area contributed by atoms with Crippen molar-refractivity contribution in [2.45, 2.75) is 0 Å². The highest BCUT2D eigenvalue weighted by Gasteiger charge is 2.08. The highest BCUT2D eigenvalue weighted by molar-refractivity contribution is 7.13. The van der Waals surface area contributed by atoms with Crippen LogP contribution < -0.4 is 0 Å². The summed E-state index contributed by atoms with van der Waals surface area (Å²) >= 11 is 1.54. The standard InChI is InChI=1S/C15H11FN6S/c1-21-8-11(12-7-17-9-23-12)18-14(21)5-4-13-19-15-10(16)3-2-6-22(15)20-13/h2-9H,1H3/b5-4+. The Morgan fingerprint density at radius 2 is 2.17 bits per heavy atom. The highest BCUT2D eigenvalue weighted by atomic mass is 32.1. The molecule has 0 aliphatic rings. The second kappa shape index (κ2) is 5.40. The molecule has 8 heteroatoms. The number of fused-ring (bicyclic) bond motifs is 1. The van der Waals surface area contributed by atoms with Crippen LogP contribution in [0.4, 0.5) is 4.39 Å². The minimum absolute atomic E-state index is 0.206. The molecule has 4 rings (SSSR count). The molecular formula is C15H11FN6S. The fourth-order valence-electron chi connectivity index (χ4n) is 2.21. The van der Waals surface area contributed by atoms with E-state index in [9.17, 15) is 4.39 Å². The molecular weight excluding hydrogens is 315 g/mol. The monoisotopic (exact) mass is 326 g/mol. The second-order valence-electron chi connectivity index (χ2n) is 4.89. The average molecular weight is 326 g/mol. The Labute approximate surface area is 134 Å². The molecule has 114 valence electrons. The van der Waals surface area contributed by atoms with Gasteiger partial charge in [-0.15, -0.1) is 16.4 Å². The molecule has 0 atom stereocenters. The maximum absolute atomic E-state index is 13.6. The Morgan fingerprint density at radius 1 is 1.26 bits per heavy atom. The van der Waals surface area contributed by atoms with Gasteiger partial charge in [-0.3, -0.25) is 4.98 Å². The predicted octanol–water partition coefficient (Wildman–Crippen LogP) is 2.90. The van der Waals surface area contributed by atoms with Crippen molar-refractivity contribution in [3.8, 4) is 10.6 Å². The molecule has 0 N–H and O–H groups in total. The maximum Gasteiger partial charge on any atom is 0.191 e. The summed E-state index contributed by atoms with van der Waals surface area (Å²) in [5, 5.41) is 4.21. The third-order valence-electron chi connectivity index (χ3n) is 3.31. The predicted molar refractivity (Wildman–Crippen MR) is 86.2 cm³/mol. The molecule has 4 aromatic rings. The SMILES string of the molecule is Cn1cc(-c2cncs2)nc1/C=C/c1nc2c(F)cccn2n1. The Hall–Kier alpha value is -2.87. The number of nitrogens with zero attached hydrogens (tertiary/aromatic N) is 6. The quantitative estimate of drug-likeness (QED) is 0.581. The van der Waals surface area contributed by atoms with E-state index in [0.717, 1.165) is 16.4 Å². The van der Waals surface area contributed by atoms with Crippen LogP contribution in [0.1, 0.15) is 11.6 Å². The van der Waals surface area contributed by atoms with Gasteiger partial charge < -0.3 is 4.57 Å². The summed E-state index contributed by atoms with van der Waals surface area (Å²) in [5.74, 6) is 0.786. The summed E-state index contributed by atoms with van der Waals surface area (Å²) in [7, 11) is 1.91. The molecule has 0 aromatic carbocycles. The van der Waals surface area contributed by atoms with Crippen LogP contribution in [0.2, 0.25) is 0 Å².